The van der Waals surface area contributed by atoms with E-state index in [0.717, 1.165) is 0 Å². The van der Waals surface area contributed by atoms with Crippen LogP contribution < -0.4 is 16.0 Å². The molecule has 2 amide bonds. The number of pyridine rings is 1. The van der Waals surface area contributed by atoms with Gasteiger partial charge in [0.15, 0.2) is 0 Å². The van der Waals surface area contributed by atoms with E-state index in [-0.39, 0.29) is 23.3 Å². The molecule has 1 heterocycles. The van der Waals surface area contributed by atoms with Gasteiger partial charge in [-0.15, -0.1) is 0 Å². The van der Waals surface area contributed by atoms with Crippen molar-refractivity contribution in [2.45, 2.75) is 6.92 Å². The molecule has 136 valence electrons. The Bertz CT molecular complexity index is 956. The number of carbonyl (C=O) groups excluding carboxylic acids is 2. The lowest BCUT2D eigenvalue weighted by Gasteiger charge is -2.09. The summed E-state index contributed by atoms with van der Waals surface area (Å²) in [6, 6.07) is 16.0. The van der Waals surface area contributed by atoms with Crippen LogP contribution in [0, 0.1) is 5.82 Å². The number of hydrogen-bond donors (Lipinski definition) is 3. The van der Waals surface area contributed by atoms with E-state index in [1.165, 1.54) is 25.3 Å². The van der Waals surface area contributed by atoms with Gasteiger partial charge in [0.25, 0.3) is 5.91 Å². The first-order chi connectivity index (χ1) is 13.0. The molecule has 0 bridgehead atoms. The van der Waals surface area contributed by atoms with Gasteiger partial charge >= 0.3 is 0 Å². The maximum atomic E-state index is 12.9. The lowest BCUT2D eigenvalue weighted by atomic mass is 10.2. The van der Waals surface area contributed by atoms with Gasteiger partial charge in [0.1, 0.15) is 11.5 Å². The molecule has 6 nitrogen and oxygen atoms in total. The van der Waals surface area contributed by atoms with Crippen molar-refractivity contribution in [2.75, 3.05) is 16.0 Å². The average Bonchev–Trinajstić information content (AvgIpc) is 2.64. The summed E-state index contributed by atoms with van der Waals surface area (Å²) in [5.41, 5.74) is 2.76. The molecular formula is C20H17FN4O2. The zero-order chi connectivity index (χ0) is 19.2. The van der Waals surface area contributed by atoms with Gasteiger partial charge in [-0.2, -0.15) is 0 Å². The third-order valence-electron chi connectivity index (χ3n) is 3.57. The van der Waals surface area contributed by atoms with Gasteiger partial charge < -0.3 is 16.0 Å². The zero-order valence-electron chi connectivity index (χ0n) is 14.5. The van der Waals surface area contributed by atoms with Crippen molar-refractivity contribution < 1.29 is 14.0 Å². The molecule has 0 spiro atoms. The summed E-state index contributed by atoms with van der Waals surface area (Å²) in [7, 11) is 0. The van der Waals surface area contributed by atoms with Gasteiger partial charge in [0.2, 0.25) is 5.91 Å². The SMILES string of the molecule is CC(=O)Nc1cccc(NC(=O)c2ccc(Nc3ccc(F)cc3)cn2)c1. The van der Waals surface area contributed by atoms with Crippen LogP contribution in [0.2, 0.25) is 0 Å². The quantitative estimate of drug-likeness (QED) is 0.634. The van der Waals surface area contributed by atoms with Crippen molar-refractivity contribution in [1.29, 1.82) is 0 Å². The molecule has 0 saturated carbocycles. The van der Waals surface area contributed by atoms with E-state index in [2.05, 4.69) is 20.9 Å². The van der Waals surface area contributed by atoms with Gasteiger partial charge in [0.05, 0.1) is 11.9 Å². The molecule has 0 atom stereocenters. The van der Waals surface area contributed by atoms with E-state index in [1.54, 1.807) is 48.5 Å². The molecule has 0 radical (unpaired) electrons. The van der Waals surface area contributed by atoms with Crippen LogP contribution in [0.5, 0.6) is 0 Å². The number of benzene rings is 2. The van der Waals surface area contributed by atoms with Crippen LogP contribution in [-0.4, -0.2) is 16.8 Å². The summed E-state index contributed by atoms with van der Waals surface area (Å²) in [6.07, 6.45) is 1.52. The van der Waals surface area contributed by atoms with Crippen LogP contribution in [-0.2, 0) is 4.79 Å². The number of rotatable bonds is 5. The smallest absolute Gasteiger partial charge is 0.274 e. The standard InChI is InChI=1S/C20H17FN4O2/c1-13(26)23-16-3-2-4-17(11-16)25-20(27)19-10-9-18(12-22-19)24-15-7-5-14(21)6-8-15/h2-12,24H,1H3,(H,23,26)(H,25,27). The Morgan fingerprint density at radius 2 is 1.52 bits per heavy atom. The third-order valence-corrected chi connectivity index (χ3v) is 3.57. The summed E-state index contributed by atoms with van der Waals surface area (Å²) in [6.45, 7) is 1.41. The fourth-order valence-electron chi connectivity index (χ4n) is 2.38. The van der Waals surface area contributed by atoms with Crippen LogP contribution in [0.4, 0.5) is 27.1 Å². The van der Waals surface area contributed by atoms with E-state index in [0.29, 0.717) is 22.7 Å². The summed E-state index contributed by atoms with van der Waals surface area (Å²) < 4.78 is 12.9. The zero-order valence-corrected chi connectivity index (χ0v) is 14.5. The molecule has 7 heteroatoms. The second kappa shape index (κ2) is 8.09. The summed E-state index contributed by atoms with van der Waals surface area (Å²) in [5.74, 6) is -0.874. The van der Waals surface area contributed by atoms with Crippen molar-refractivity contribution >= 4 is 34.6 Å². The number of aromatic nitrogens is 1. The minimum Gasteiger partial charge on any atom is -0.354 e. The number of nitrogens with zero attached hydrogens (tertiary/aromatic N) is 1. The normalized spacial score (nSPS) is 10.1. The Morgan fingerprint density at radius 3 is 2.15 bits per heavy atom. The van der Waals surface area contributed by atoms with E-state index in [1.807, 2.05) is 0 Å². The highest BCUT2D eigenvalue weighted by molar-refractivity contribution is 6.03. The van der Waals surface area contributed by atoms with Crippen molar-refractivity contribution in [3.63, 3.8) is 0 Å². The molecule has 1 aromatic heterocycles. The van der Waals surface area contributed by atoms with Gasteiger partial charge in [-0.1, -0.05) is 6.07 Å². The topological polar surface area (TPSA) is 83.1 Å². The highest BCUT2D eigenvalue weighted by atomic mass is 19.1. The molecule has 3 rings (SSSR count). The lowest BCUT2D eigenvalue weighted by Crippen LogP contribution is -2.14. The largest absolute Gasteiger partial charge is 0.354 e. The van der Waals surface area contributed by atoms with Crippen LogP contribution in [0.1, 0.15) is 17.4 Å². The average molecular weight is 364 g/mol. The number of carbonyl (C=O) groups is 2. The summed E-state index contributed by atoms with van der Waals surface area (Å²) >= 11 is 0. The first-order valence-electron chi connectivity index (χ1n) is 8.17. The lowest BCUT2D eigenvalue weighted by molar-refractivity contribution is -0.114. The maximum absolute atomic E-state index is 12.9. The van der Waals surface area contributed by atoms with Gasteiger partial charge in [-0.3, -0.25) is 9.59 Å². The van der Waals surface area contributed by atoms with E-state index in [9.17, 15) is 14.0 Å². The van der Waals surface area contributed by atoms with Gasteiger partial charge in [-0.25, -0.2) is 9.37 Å². The Labute approximate surface area is 155 Å². The summed E-state index contributed by atoms with van der Waals surface area (Å²) in [5, 5.41) is 8.46. The Hall–Kier alpha value is -3.74. The Balaban J connectivity index is 1.65. The Kier molecular flexibility index (Phi) is 5.41. The van der Waals surface area contributed by atoms with Crippen LogP contribution in [0.25, 0.3) is 0 Å². The van der Waals surface area contributed by atoms with Crippen molar-refractivity contribution in [3.05, 3.63) is 78.4 Å². The number of anilines is 4. The van der Waals surface area contributed by atoms with Gasteiger partial charge in [-0.05, 0) is 54.6 Å². The summed E-state index contributed by atoms with van der Waals surface area (Å²) in [4.78, 5) is 27.6. The molecule has 0 saturated heterocycles. The Morgan fingerprint density at radius 1 is 0.852 bits per heavy atom. The minimum absolute atomic E-state index is 0.190. The monoisotopic (exact) mass is 364 g/mol. The molecule has 0 aliphatic carbocycles. The van der Waals surface area contributed by atoms with Crippen molar-refractivity contribution in [2.24, 2.45) is 0 Å². The molecule has 0 fully saturated rings. The second-order valence-corrected chi connectivity index (χ2v) is 5.78. The first kappa shape index (κ1) is 18.1. The second-order valence-electron chi connectivity index (χ2n) is 5.78. The molecular weight excluding hydrogens is 347 g/mol. The predicted octanol–water partition coefficient (Wildman–Crippen LogP) is 4.18. The fraction of sp³-hybridized carbons (Fsp3) is 0.0500. The highest BCUT2D eigenvalue weighted by Crippen LogP contribution is 2.18. The minimum atomic E-state index is -0.372. The fourth-order valence-corrected chi connectivity index (χ4v) is 2.38. The number of nitrogens with one attached hydrogen (secondary N) is 3. The molecule has 0 unspecified atom stereocenters. The van der Waals surface area contributed by atoms with Crippen molar-refractivity contribution in [3.8, 4) is 0 Å². The van der Waals surface area contributed by atoms with Crippen LogP contribution in [0.15, 0.2) is 66.9 Å². The molecule has 27 heavy (non-hydrogen) atoms. The molecule has 0 aliphatic rings. The van der Waals surface area contributed by atoms with E-state index >= 15 is 0 Å². The number of amides is 2. The molecule has 0 aliphatic heterocycles. The van der Waals surface area contributed by atoms with E-state index in [4.69, 9.17) is 0 Å². The van der Waals surface area contributed by atoms with Gasteiger partial charge in [0, 0.05) is 24.0 Å². The van der Waals surface area contributed by atoms with Crippen molar-refractivity contribution in [1.82, 2.24) is 4.98 Å². The number of hydrogen-bond acceptors (Lipinski definition) is 4. The molecule has 3 aromatic rings. The van der Waals surface area contributed by atoms with E-state index < -0.39 is 0 Å². The maximum Gasteiger partial charge on any atom is 0.274 e. The number of halogens is 1. The third kappa shape index (κ3) is 5.12. The van der Waals surface area contributed by atoms with Crippen LogP contribution >= 0.6 is 0 Å². The predicted molar refractivity (Wildman–Crippen MR) is 103 cm³/mol. The molecule has 3 N–H and O–H groups in total. The molecule has 2 aromatic carbocycles. The highest BCUT2D eigenvalue weighted by Gasteiger charge is 2.08. The first-order valence-corrected chi connectivity index (χ1v) is 8.17. The van der Waals surface area contributed by atoms with Crippen LogP contribution in [0.3, 0.4) is 0 Å².